The van der Waals surface area contributed by atoms with Gasteiger partial charge in [-0.15, -0.1) is 0 Å². The van der Waals surface area contributed by atoms with E-state index < -0.39 is 0 Å². The smallest absolute Gasteiger partial charge is 0.236 e. The average Bonchev–Trinajstić information content (AvgIpc) is 2.54. The van der Waals surface area contributed by atoms with Gasteiger partial charge in [0, 0.05) is 19.3 Å². The quantitative estimate of drug-likeness (QED) is 0.863. The van der Waals surface area contributed by atoms with Crippen molar-refractivity contribution in [2.75, 3.05) is 11.9 Å². The number of rotatable bonds is 5. The number of nitrogens with one attached hydrogen (secondary N) is 1. The maximum Gasteiger partial charge on any atom is 0.236 e. The lowest BCUT2D eigenvalue weighted by Gasteiger charge is -2.17. The van der Waals surface area contributed by atoms with Gasteiger partial charge in [0.1, 0.15) is 12.2 Å². The molecule has 0 heterocycles. The molecule has 1 N–H and O–H groups in total. The van der Waals surface area contributed by atoms with Crippen molar-refractivity contribution in [3.63, 3.8) is 0 Å². The molecular formula is C17H17FN2O2. The first kappa shape index (κ1) is 15.7. The Morgan fingerprint density at radius 1 is 1.05 bits per heavy atom. The van der Waals surface area contributed by atoms with Crippen LogP contribution < -0.4 is 10.2 Å². The number of nitrogens with zero attached hydrogens (tertiary/aromatic N) is 1. The molecule has 0 bridgehead atoms. The summed E-state index contributed by atoms with van der Waals surface area (Å²) in [7, 11) is 1.63. The summed E-state index contributed by atoms with van der Waals surface area (Å²) < 4.78 is 12.8. The standard InChI is InChI=1S/C17H17FN2O2/c1-20(15-5-3-2-4-6-15)17(22)11-16(21)19-12-13-7-9-14(18)10-8-13/h2-10H,11-12H2,1H3,(H,19,21). The summed E-state index contributed by atoms with van der Waals surface area (Å²) in [6.45, 7) is 0.265. The van der Waals surface area contributed by atoms with Gasteiger partial charge in [-0.25, -0.2) is 4.39 Å². The van der Waals surface area contributed by atoms with Gasteiger partial charge in [0.05, 0.1) is 0 Å². The number of benzene rings is 2. The molecule has 0 radical (unpaired) electrons. The van der Waals surface area contributed by atoms with Crippen LogP contribution in [-0.4, -0.2) is 18.9 Å². The zero-order chi connectivity index (χ0) is 15.9. The number of carbonyl (C=O) groups is 2. The second-order valence-corrected chi connectivity index (χ2v) is 4.87. The molecule has 0 aliphatic rings. The molecule has 2 amide bonds. The Labute approximate surface area is 128 Å². The summed E-state index contributed by atoms with van der Waals surface area (Å²) >= 11 is 0. The van der Waals surface area contributed by atoms with Crippen LogP contribution in [-0.2, 0) is 16.1 Å². The molecule has 2 aromatic rings. The van der Waals surface area contributed by atoms with Crippen molar-refractivity contribution >= 4 is 17.5 Å². The topological polar surface area (TPSA) is 49.4 Å². The predicted molar refractivity (Wildman–Crippen MR) is 82.7 cm³/mol. The van der Waals surface area contributed by atoms with Gasteiger partial charge < -0.3 is 10.2 Å². The second-order valence-electron chi connectivity index (χ2n) is 4.87. The molecule has 0 atom stereocenters. The largest absolute Gasteiger partial charge is 0.352 e. The minimum Gasteiger partial charge on any atom is -0.352 e. The van der Waals surface area contributed by atoms with Gasteiger partial charge in [-0.2, -0.15) is 0 Å². The van der Waals surface area contributed by atoms with Crippen LogP contribution in [0.25, 0.3) is 0 Å². The lowest BCUT2D eigenvalue weighted by molar-refractivity contribution is -0.127. The fourth-order valence-electron chi connectivity index (χ4n) is 1.92. The summed E-state index contributed by atoms with van der Waals surface area (Å²) in [5, 5.41) is 2.65. The Bertz CT molecular complexity index is 641. The van der Waals surface area contributed by atoms with E-state index in [4.69, 9.17) is 0 Å². The first-order valence-electron chi connectivity index (χ1n) is 6.89. The zero-order valence-corrected chi connectivity index (χ0v) is 12.3. The normalized spacial score (nSPS) is 10.1. The summed E-state index contributed by atoms with van der Waals surface area (Å²) in [6.07, 6.45) is -0.230. The molecule has 0 spiro atoms. The van der Waals surface area contributed by atoms with E-state index in [2.05, 4.69) is 5.32 Å². The van der Waals surface area contributed by atoms with E-state index in [0.717, 1.165) is 11.3 Å². The molecule has 0 unspecified atom stereocenters. The molecule has 0 aliphatic heterocycles. The minimum atomic E-state index is -0.364. The molecule has 22 heavy (non-hydrogen) atoms. The third-order valence-corrected chi connectivity index (χ3v) is 3.23. The van der Waals surface area contributed by atoms with E-state index in [1.54, 1.807) is 31.3 Å². The van der Waals surface area contributed by atoms with Crippen LogP contribution in [0.4, 0.5) is 10.1 Å². The number of amides is 2. The van der Waals surface area contributed by atoms with E-state index in [1.807, 2.05) is 18.2 Å². The fourth-order valence-corrected chi connectivity index (χ4v) is 1.92. The van der Waals surface area contributed by atoms with Crippen molar-refractivity contribution in [3.8, 4) is 0 Å². The maximum absolute atomic E-state index is 12.8. The van der Waals surface area contributed by atoms with Crippen molar-refractivity contribution in [2.45, 2.75) is 13.0 Å². The van der Waals surface area contributed by atoms with Crippen LogP contribution >= 0.6 is 0 Å². The van der Waals surface area contributed by atoms with Crippen LogP contribution in [0.15, 0.2) is 54.6 Å². The molecule has 4 nitrogen and oxygen atoms in total. The molecule has 114 valence electrons. The summed E-state index contributed by atoms with van der Waals surface area (Å²) in [5.41, 5.74) is 1.51. The van der Waals surface area contributed by atoms with Gasteiger partial charge in [0.15, 0.2) is 0 Å². The number of hydrogen-bond acceptors (Lipinski definition) is 2. The lowest BCUT2D eigenvalue weighted by Crippen LogP contribution is -2.33. The van der Waals surface area contributed by atoms with E-state index in [0.29, 0.717) is 0 Å². The zero-order valence-electron chi connectivity index (χ0n) is 12.3. The Kier molecular flexibility index (Phi) is 5.25. The second kappa shape index (κ2) is 7.36. The highest BCUT2D eigenvalue weighted by Gasteiger charge is 2.14. The van der Waals surface area contributed by atoms with Crippen molar-refractivity contribution in [2.24, 2.45) is 0 Å². The van der Waals surface area contributed by atoms with Crippen molar-refractivity contribution in [1.82, 2.24) is 5.32 Å². The molecule has 0 fully saturated rings. The van der Waals surface area contributed by atoms with Crippen LogP contribution in [0, 0.1) is 5.82 Å². The number of anilines is 1. The highest BCUT2D eigenvalue weighted by atomic mass is 19.1. The van der Waals surface area contributed by atoms with Gasteiger partial charge in [-0.05, 0) is 29.8 Å². The molecule has 5 heteroatoms. The molecular weight excluding hydrogens is 283 g/mol. The lowest BCUT2D eigenvalue weighted by atomic mass is 10.2. The van der Waals surface area contributed by atoms with E-state index in [-0.39, 0.29) is 30.6 Å². The summed E-state index contributed by atoms with van der Waals surface area (Å²) in [5.74, 6) is -0.977. The SMILES string of the molecule is CN(C(=O)CC(=O)NCc1ccc(F)cc1)c1ccccc1. The Balaban J connectivity index is 1.83. The average molecular weight is 300 g/mol. The van der Waals surface area contributed by atoms with Crippen LogP contribution in [0.2, 0.25) is 0 Å². The Morgan fingerprint density at radius 2 is 1.68 bits per heavy atom. The third-order valence-electron chi connectivity index (χ3n) is 3.23. The molecule has 0 aromatic heterocycles. The van der Waals surface area contributed by atoms with Gasteiger partial charge >= 0.3 is 0 Å². The maximum atomic E-state index is 12.8. The number of carbonyl (C=O) groups excluding carboxylic acids is 2. The van der Waals surface area contributed by atoms with E-state index in [9.17, 15) is 14.0 Å². The molecule has 0 saturated heterocycles. The van der Waals surface area contributed by atoms with Crippen LogP contribution in [0.3, 0.4) is 0 Å². The van der Waals surface area contributed by atoms with Gasteiger partial charge in [-0.3, -0.25) is 9.59 Å². The first-order valence-corrected chi connectivity index (χ1v) is 6.89. The molecule has 0 saturated carbocycles. The van der Waals surface area contributed by atoms with E-state index >= 15 is 0 Å². The summed E-state index contributed by atoms with van der Waals surface area (Å²) in [6, 6.07) is 15.0. The summed E-state index contributed by atoms with van der Waals surface area (Å²) in [4.78, 5) is 25.3. The van der Waals surface area contributed by atoms with Crippen molar-refractivity contribution in [3.05, 3.63) is 66.0 Å². The van der Waals surface area contributed by atoms with Crippen LogP contribution in [0.5, 0.6) is 0 Å². The van der Waals surface area contributed by atoms with Gasteiger partial charge in [0.25, 0.3) is 0 Å². The number of halogens is 1. The van der Waals surface area contributed by atoms with Gasteiger partial charge in [0.2, 0.25) is 11.8 Å². The molecule has 2 rings (SSSR count). The van der Waals surface area contributed by atoms with E-state index in [1.165, 1.54) is 17.0 Å². The Hall–Kier alpha value is -2.69. The monoisotopic (exact) mass is 300 g/mol. The first-order chi connectivity index (χ1) is 10.6. The molecule has 2 aromatic carbocycles. The highest BCUT2D eigenvalue weighted by molar-refractivity contribution is 6.04. The highest BCUT2D eigenvalue weighted by Crippen LogP contribution is 2.12. The molecule has 0 aliphatic carbocycles. The number of para-hydroxylation sites is 1. The van der Waals surface area contributed by atoms with Gasteiger partial charge in [-0.1, -0.05) is 30.3 Å². The van der Waals surface area contributed by atoms with Crippen molar-refractivity contribution < 1.29 is 14.0 Å². The van der Waals surface area contributed by atoms with Crippen LogP contribution in [0.1, 0.15) is 12.0 Å². The Morgan fingerprint density at radius 3 is 2.32 bits per heavy atom. The number of hydrogen-bond donors (Lipinski definition) is 1. The minimum absolute atomic E-state index is 0.230. The van der Waals surface area contributed by atoms with Crippen molar-refractivity contribution in [1.29, 1.82) is 0 Å². The fraction of sp³-hybridized carbons (Fsp3) is 0.176. The predicted octanol–water partition coefficient (Wildman–Crippen LogP) is 2.50. The third kappa shape index (κ3) is 4.41.